The number of nitrogens with one attached hydrogen (secondary N) is 2. The van der Waals surface area contributed by atoms with Crippen LogP contribution in [-0.2, 0) is 10.0 Å². The summed E-state index contributed by atoms with van der Waals surface area (Å²) in [5, 5.41) is 2.55. The van der Waals surface area contributed by atoms with Gasteiger partial charge >= 0.3 is 6.18 Å². The fourth-order valence-corrected chi connectivity index (χ4v) is 3.31. The van der Waals surface area contributed by atoms with Crippen LogP contribution in [-0.4, -0.2) is 32.5 Å². The molecular weight excluding hydrogens is 389 g/mol. The van der Waals surface area contributed by atoms with E-state index < -0.39 is 27.9 Å². The summed E-state index contributed by atoms with van der Waals surface area (Å²) in [5.41, 5.74) is 0.613. The van der Waals surface area contributed by atoms with Gasteiger partial charge in [-0.25, -0.2) is 8.42 Å². The number of carbonyl (C=O) groups excluding carboxylic acids is 1. The van der Waals surface area contributed by atoms with Crippen LogP contribution < -0.4 is 10.0 Å². The maximum atomic E-state index is 12.4. The smallest absolute Gasteiger partial charge is 0.321 e. The summed E-state index contributed by atoms with van der Waals surface area (Å²) < 4.78 is 62.0. The van der Waals surface area contributed by atoms with Crippen molar-refractivity contribution in [3.05, 3.63) is 54.1 Å². The fraction of sp³-hybridized carbons (Fsp3) is 0.188. The number of benzene rings is 2. The molecule has 0 radical (unpaired) electrons. The molecule has 140 valence electrons. The second kappa shape index (κ2) is 8.00. The zero-order chi connectivity index (χ0) is 19.4. The second-order valence-corrected chi connectivity index (χ2v) is 8.07. The van der Waals surface area contributed by atoms with E-state index >= 15 is 0 Å². The molecule has 0 atom stereocenters. The fourth-order valence-electron chi connectivity index (χ4n) is 1.99. The Morgan fingerprint density at radius 1 is 1.12 bits per heavy atom. The van der Waals surface area contributed by atoms with Crippen LogP contribution in [0.2, 0.25) is 0 Å². The van der Waals surface area contributed by atoms with Gasteiger partial charge in [0.25, 0.3) is 5.91 Å². The van der Waals surface area contributed by atoms with E-state index in [1.54, 1.807) is 12.1 Å². The maximum Gasteiger partial charge on any atom is 0.398 e. The molecule has 0 saturated heterocycles. The van der Waals surface area contributed by atoms with Crippen molar-refractivity contribution in [1.82, 2.24) is 0 Å². The van der Waals surface area contributed by atoms with Gasteiger partial charge in [-0.15, -0.1) is 11.8 Å². The van der Waals surface area contributed by atoms with Crippen LogP contribution in [0.4, 0.5) is 24.5 Å². The summed E-state index contributed by atoms with van der Waals surface area (Å²) in [6.45, 7) is 0. The third-order valence-corrected chi connectivity index (χ3v) is 4.70. The molecule has 0 saturated carbocycles. The van der Waals surface area contributed by atoms with Gasteiger partial charge in [-0.05, 0) is 30.3 Å². The predicted molar refractivity (Wildman–Crippen MR) is 96.1 cm³/mol. The molecule has 0 aliphatic heterocycles. The van der Waals surface area contributed by atoms with Crippen molar-refractivity contribution in [1.29, 1.82) is 0 Å². The van der Waals surface area contributed by atoms with Crippen molar-refractivity contribution in [2.75, 3.05) is 22.0 Å². The summed E-state index contributed by atoms with van der Waals surface area (Å²) >= 11 is 0.571. The first-order valence-electron chi connectivity index (χ1n) is 7.21. The first-order valence-corrected chi connectivity index (χ1v) is 10.1. The standard InChI is InChI=1S/C16H15F3N2O3S2/c1-26(23,24)21-12-6-4-5-11(9-12)15(22)20-13-7-2-3-8-14(13)25-10-16(17,18)19/h2-9,21H,10H2,1H3,(H,20,22). The summed E-state index contributed by atoms with van der Waals surface area (Å²) in [6, 6.07) is 11.9. The maximum absolute atomic E-state index is 12.4. The lowest BCUT2D eigenvalue weighted by atomic mass is 10.2. The van der Waals surface area contributed by atoms with Crippen molar-refractivity contribution in [3.63, 3.8) is 0 Å². The lowest BCUT2D eigenvalue weighted by Crippen LogP contribution is -2.15. The minimum Gasteiger partial charge on any atom is -0.321 e. The molecule has 0 aromatic heterocycles. The third-order valence-electron chi connectivity index (χ3n) is 2.95. The van der Waals surface area contributed by atoms with Crippen LogP contribution in [0, 0.1) is 0 Å². The molecule has 2 N–H and O–H groups in total. The molecule has 2 aromatic rings. The number of sulfonamides is 1. The van der Waals surface area contributed by atoms with Crippen molar-refractivity contribution < 1.29 is 26.4 Å². The van der Waals surface area contributed by atoms with Crippen LogP contribution in [0.1, 0.15) is 10.4 Å². The summed E-state index contributed by atoms with van der Waals surface area (Å²) in [4.78, 5) is 12.6. The summed E-state index contributed by atoms with van der Waals surface area (Å²) in [5.74, 6) is -1.64. The van der Waals surface area contributed by atoms with E-state index in [1.807, 2.05) is 0 Å². The lowest BCUT2D eigenvalue weighted by Gasteiger charge is -2.12. The topological polar surface area (TPSA) is 75.3 Å². The van der Waals surface area contributed by atoms with Gasteiger partial charge in [-0.3, -0.25) is 9.52 Å². The van der Waals surface area contributed by atoms with Crippen LogP contribution in [0.15, 0.2) is 53.4 Å². The molecule has 0 bridgehead atoms. The minimum atomic E-state index is -4.33. The van der Waals surface area contributed by atoms with Crippen LogP contribution in [0.25, 0.3) is 0 Å². The molecular formula is C16H15F3N2O3S2. The Bertz CT molecular complexity index is 900. The molecule has 0 spiro atoms. The van der Waals surface area contributed by atoms with Crippen molar-refractivity contribution >= 4 is 39.1 Å². The summed E-state index contributed by atoms with van der Waals surface area (Å²) in [6.07, 6.45) is -3.35. The molecule has 5 nitrogen and oxygen atoms in total. The van der Waals surface area contributed by atoms with Gasteiger partial charge in [0.2, 0.25) is 10.0 Å². The lowest BCUT2D eigenvalue weighted by molar-refractivity contribution is -0.105. The van der Waals surface area contributed by atoms with Gasteiger partial charge in [0.1, 0.15) is 0 Å². The minimum absolute atomic E-state index is 0.161. The van der Waals surface area contributed by atoms with Crippen LogP contribution in [0.3, 0.4) is 0 Å². The van der Waals surface area contributed by atoms with Gasteiger partial charge in [-0.2, -0.15) is 13.2 Å². The molecule has 0 heterocycles. The number of hydrogen-bond acceptors (Lipinski definition) is 4. The van der Waals surface area contributed by atoms with E-state index in [2.05, 4.69) is 10.0 Å². The highest BCUT2D eigenvalue weighted by Crippen LogP contribution is 2.32. The number of anilines is 2. The van der Waals surface area contributed by atoms with Crippen LogP contribution >= 0.6 is 11.8 Å². The molecule has 0 fully saturated rings. The zero-order valence-electron chi connectivity index (χ0n) is 13.5. The van der Waals surface area contributed by atoms with Gasteiger partial charge in [-0.1, -0.05) is 18.2 Å². The quantitative estimate of drug-likeness (QED) is 0.715. The van der Waals surface area contributed by atoms with Crippen LogP contribution in [0.5, 0.6) is 0 Å². The highest BCUT2D eigenvalue weighted by molar-refractivity contribution is 7.99. The largest absolute Gasteiger partial charge is 0.398 e. The van der Waals surface area contributed by atoms with E-state index in [0.29, 0.717) is 11.8 Å². The average Bonchev–Trinajstić information content (AvgIpc) is 2.52. The predicted octanol–water partition coefficient (Wildman–Crippen LogP) is 3.96. The average molecular weight is 404 g/mol. The number of alkyl halides is 3. The van der Waals surface area contributed by atoms with E-state index in [0.717, 1.165) is 6.26 Å². The Hall–Kier alpha value is -2.20. The Labute approximate surface area is 153 Å². The first kappa shape index (κ1) is 20.1. The van der Waals surface area contributed by atoms with Gasteiger partial charge < -0.3 is 5.32 Å². The number of thioether (sulfide) groups is 1. The number of halogens is 3. The number of carbonyl (C=O) groups is 1. The molecule has 0 aliphatic rings. The molecule has 0 unspecified atom stereocenters. The monoisotopic (exact) mass is 404 g/mol. The Morgan fingerprint density at radius 3 is 2.46 bits per heavy atom. The highest BCUT2D eigenvalue weighted by Gasteiger charge is 2.27. The normalized spacial score (nSPS) is 11.8. The number of amides is 1. The second-order valence-electron chi connectivity index (χ2n) is 5.31. The highest BCUT2D eigenvalue weighted by atomic mass is 32.2. The Kier molecular flexibility index (Phi) is 6.19. The summed E-state index contributed by atoms with van der Waals surface area (Å²) in [7, 11) is -3.50. The molecule has 2 rings (SSSR count). The van der Waals surface area contributed by atoms with Crippen molar-refractivity contribution in [3.8, 4) is 0 Å². The number of para-hydroxylation sites is 1. The van der Waals surface area contributed by atoms with E-state index in [4.69, 9.17) is 0 Å². The molecule has 0 aliphatic carbocycles. The molecule has 26 heavy (non-hydrogen) atoms. The molecule has 10 heteroatoms. The van der Waals surface area contributed by atoms with Gasteiger partial charge in [0.05, 0.1) is 17.7 Å². The number of rotatable bonds is 6. The Morgan fingerprint density at radius 2 is 1.81 bits per heavy atom. The number of hydrogen-bond donors (Lipinski definition) is 2. The van der Waals surface area contributed by atoms with Gasteiger partial charge in [0, 0.05) is 16.1 Å². The molecule has 2 aromatic carbocycles. The van der Waals surface area contributed by atoms with E-state index in [1.165, 1.54) is 36.4 Å². The van der Waals surface area contributed by atoms with Crippen molar-refractivity contribution in [2.24, 2.45) is 0 Å². The third kappa shape index (κ3) is 6.60. The Balaban J connectivity index is 2.17. The van der Waals surface area contributed by atoms with E-state index in [-0.39, 0.29) is 21.8 Å². The van der Waals surface area contributed by atoms with E-state index in [9.17, 15) is 26.4 Å². The molecule has 1 amide bonds. The van der Waals surface area contributed by atoms with Crippen molar-refractivity contribution in [2.45, 2.75) is 11.1 Å². The zero-order valence-corrected chi connectivity index (χ0v) is 15.1. The SMILES string of the molecule is CS(=O)(=O)Nc1cccc(C(=O)Nc2ccccc2SCC(F)(F)F)c1. The first-order chi connectivity index (χ1) is 12.0. The van der Waals surface area contributed by atoms with Gasteiger partial charge in [0.15, 0.2) is 0 Å².